The molecule has 3 aromatic rings. The van der Waals surface area contributed by atoms with Crippen molar-refractivity contribution in [2.24, 2.45) is 0 Å². The molecule has 5 heterocycles. The van der Waals surface area contributed by atoms with Crippen LogP contribution in [0.2, 0.25) is 0 Å². The summed E-state index contributed by atoms with van der Waals surface area (Å²) in [6.07, 6.45) is 2.95. The third-order valence-corrected chi connectivity index (χ3v) is 8.15. The Morgan fingerprint density at radius 2 is 1.87 bits per heavy atom. The quantitative estimate of drug-likeness (QED) is 0.480. The molecule has 8 heteroatoms. The smallest absolute Gasteiger partial charge is 0.189 e. The number of thiophene rings is 1. The van der Waals surface area contributed by atoms with Crippen molar-refractivity contribution >= 4 is 49.3 Å². The lowest BCUT2D eigenvalue weighted by Gasteiger charge is -2.33. The highest BCUT2D eigenvalue weighted by Gasteiger charge is 2.33. The summed E-state index contributed by atoms with van der Waals surface area (Å²) in [5, 5.41) is 2.08. The van der Waals surface area contributed by atoms with E-state index in [9.17, 15) is 0 Å². The second-order valence-corrected chi connectivity index (χ2v) is 11.5. The van der Waals surface area contributed by atoms with Gasteiger partial charge < -0.3 is 14.5 Å². The lowest BCUT2D eigenvalue weighted by molar-refractivity contribution is -0.880. The summed E-state index contributed by atoms with van der Waals surface area (Å²) in [6.45, 7) is 13.8. The molecule has 1 fully saturated rings. The van der Waals surface area contributed by atoms with Crippen molar-refractivity contribution in [1.29, 1.82) is 0 Å². The predicted octanol–water partition coefficient (Wildman–Crippen LogP) is 3.27. The number of anilines is 1. The molecule has 3 aromatic heterocycles. The van der Waals surface area contributed by atoms with Gasteiger partial charge in [-0.05, 0) is 31.6 Å². The fourth-order valence-corrected chi connectivity index (χ4v) is 6.28. The van der Waals surface area contributed by atoms with Gasteiger partial charge in [0, 0.05) is 17.4 Å². The van der Waals surface area contributed by atoms with Crippen molar-refractivity contribution < 1.29 is 9.64 Å². The molecule has 2 aliphatic rings. The number of ether oxygens (including phenoxy) is 1. The number of aromatic nitrogens is 3. The average molecular weight is 459 g/mol. The molecule has 0 bridgehead atoms. The van der Waals surface area contributed by atoms with Crippen LogP contribution in [0, 0.1) is 0 Å². The Kier molecular flexibility index (Phi) is 5.40. The largest absolute Gasteiger partial charge is 0.370 e. The minimum atomic E-state index is -0.178. The molecular weight excluding hydrogens is 426 g/mol. The molecule has 0 aromatic carbocycles. The van der Waals surface area contributed by atoms with Crippen LogP contribution in [0.4, 0.5) is 5.82 Å². The van der Waals surface area contributed by atoms with E-state index in [1.54, 1.807) is 28.0 Å². The molecule has 1 saturated heterocycles. The Morgan fingerprint density at radius 3 is 2.55 bits per heavy atom. The topological polar surface area (TPSA) is 55.6 Å². The van der Waals surface area contributed by atoms with Gasteiger partial charge in [0.25, 0.3) is 0 Å². The van der Waals surface area contributed by atoms with Gasteiger partial charge in [0.05, 0.1) is 61.3 Å². The van der Waals surface area contributed by atoms with Crippen LogP contribution < -0.4 is 9.80 Å². The highest BCUT2D eigenvalue weighted by atomic mass is 32.2. The molecule has 0 spiro atoms. The molecule has 6 nitrogen and oxygen atoms in total. The third kappa shape index (κ3) is 3.71. The summed E-state index contributed by atoms with van der Waals surface area (Å²) in [5.74, 6) is 1.46. The molecule has 31 heavy (non-hydrogen) atoms. The molecule has 0 unspecified atom stereocenters. The Bertz CT molecular complexity index is 1150. The van der Waals surface area contributed by atoms with E-state index >= 15 is 0 Å². The van der Waals surface area contributed by atoms with E-state index in [0.717, 1.165) is 53.9 Å². The maximum atomic E-state index is 6.21. The van der Waals surface area contributed by atoms with E-state index in [2.05, 4.69) is 45.9 Å². The number of piperazine rings is 1. The van der Waals surface area contributed by atoms with Crippen molar-refractivity contribution in [3.05, 3.63) is 16.8 Å². The first-order valence-electron chi connectivity index (χ1n) is 11.2. The van der Waals surface area contributed by atoms with Gasteiger partial charge >= 0.3 is 0 Å². The van der Waals surface area contributed by atoms with Gasteiger partial charge in [0.1, 0.15) is 4.83 Å². The second kappa shape index (κ2) is 7.83. The van der Waals surface area contributed by atoms with Gasteiger partial charge in [0.2, 0.25) is 0 Å². The summed E-state index contributed by atoms with van der Waals surface area (Å²) in [4.78, 5) is 20.3. The van der Waals surface area contributed by atoms with E-state index in [-0.39, 0.29) is 5.60 Å². The van der Waals surface area contributed by atoms with Gasteiger partial charge in [-0.15, -0.1) is 11.3 Å². The third-order valence-electron chi connectivity index (χ3n) is 6.53. The highest BCUT2D eigenvalue weighted by molar-refractivity contribution is 7.98. The maximum absolute atomic E-state index is 6.21. The number of hydrogen-bond donors (Lipinski definition) is 1. The minimum Gasteiger partial charge on any atom is -0.370 e. The van der Waals surface area contributed by atoms with Crippen LogP contribution in [0.5, 0.6) is 0 Å². The SMILES string of the molecule is CSc1nc(N2CC[NH+](C)CC2)c2sc3nc(C(C)C)c4c(c3c2n1)CC(C)(C)OC4. The van der Waals surface area contributed by atoms with E-state index in [4.69, 9.17) is 19.7 Å². The Balaban J connectivity index is 1.80. The highest BCUT2D eigenvalue weighted by Crippen LogP contribution is 2.44. The molecule has 1 N–H and O–H groups in total. The first kappa shape index (κ1) is 21.4. The second-order valence-electron chi connectivity index (χ2n) is 9.77. The summed E-state index contributed by atoms with van der Waals surface area (Å²) < 4.78 is 7.40. The van der Waals surface area contributed by atoms with Crippen LogP contribution in [0.15, 0.2) is 5.16 Å². The molecular formula is C23H32N5OS2+. The molecule has 2 aliphatic heterocycles. The monoisotopic (exact) mass is 458 g/mol. The van der Waals surface area contributed by atoms with Gasteiger partial charge in [-0.3, -0.25) is 0 Å². The number of hydrogen-bond acceptors (Lipinski definition) is 7. The standard InChI is InChI=1S/C23H31N5OS2/c1-13(2)17-15-12-29-23(3,4)11-14(15)16-18-19(31-21(16)24-17)20(26-22(25-18)30-6)28-9-7-27(5)8-10-28/h13H,7-12H2,1-6H3/p+1. The molecule has 0 amide bonds. The summed E-state index contributed by atoms with van der Waals surface area (Å²) in [5.41, 5.74) is 4.73. The number of likely N-dealkylation sites (N-methyl/N-ethyl adjacent to an activating group) is 1. The van der Waals surface area contributed by atoms with Crippen molar-refractivity contribution in [3.8, 4) is 0 Å². The van der Waals surface area contributed by atoms with Crippen molar-refractivity contribution in [1.82, 2.24) is 15.0 Å². The predicted molar refractivity (Wildman–Crippen MR) is 130 cm³/mol. The van der Waals surface area contributed by atoms with E-state index in [1.165, 1.54) is 26.9 Å². The zero-order valence-corrected chi connectivity index (χ0v) is 21.0. The van der Waals surface area contributed by atoms with Crippen molar-refractivity contribution in [3.63, 3.8) is 0 Å². The lowest BCUT2D eigenvalue weighted by atomic mass is 9.87. The fourth-order valence-electron chi connectivity index (χ4n) is 4.75. The maximum Gasteiger partial charge on any atom is 0.189 e. The van der Waals surface area contributed by atoms with Crippen LogP contribution in [0.3, 0.4) is 0 Å². The Hall–Kier alpha value is -1.48. The average Bonchev–Trinajstić information content (AvgIpc) is 3.11. The van der Waals surface area contributed by atoms with Gasteiger partial charge in [0.15, 0.2) is 11.0 Å². The number of nitrogens with one attached hydrogen (secondary N) is 1. The van der Waals surface area contributed by atoms with Gasteiger partial charge in [-0.2, -0.15) is 0 Å². The molecule has 5 rings (SSSR count). The first-order chi connectivity index (χ1) is 14.8. The zero-order valence-electron chi connectivity index (χ0n) is 19.3. The number of pyridine rings is 1. The number of fused-ring (bicyclic) bond motifs is 5. The number of rotatable bonds is 3. The summed E-state index contributed by atoms with van der Waals surface area (Å²) >= 11 is 3.40. The molecule has 0 saturated carbocycles. The molecule has 0 aliphatic carbocycles. The first-order valence-corrected chi connectivity index (χ1v) is 13.2. The van der Waals surface area contributed by atoms with E-state index in [0.29, 0.717) is 12.5 Å². The van der Waals surface area contributed by atoms with Gasteiger partial charge in [-0.25, -0.2) is 15.0 Å². The molecule has 166 valence electrons. The van der Waals surface area contributed by atoms with E-state index < -0.39 is 0 Å². The van der Waals surface area contributed by atoms with Crippen LogP contribution >= 0.6 is 23.1 Å². The summed E-state index contributed by atoms with van der Waals surface area (Å²) in [6, 6.07) is 0. The minimum absolute atomic E-state index is 0.178. The number of quaternary nitrogens is 1. The Morgan fingerprint density at radius 1 is 1.13 bits per heavy atom. The normalized spacial score (nSPS) is 19.5. The van der Waals surface area contributed by atoms with Crippen molar-refractivity contribution in [2.45, 2.75) is 57.4 Å². The van der Waals surface area contributed by atoms with Crippen LogP contribution in [0.1, 0.15) is 50.4 Å². The van der Waals surface area contributed by atoms with E-state index in [1.807, 2.05) is 0 Å². The fraction of sp³-hybridized carbons (Fsp3) is 0.609. The van der Waals surface area contributed by atoms with Crippen LogP contribution in [-0.2, 0) is 17.8 Å². The summed E-state index contributed by atoms with van der Waals surface area (Å²) in [7, 11) is 2.27. The number of nitrogens with zero attached hydrogens (tertiary/aromatic N) is 4. The molecule has 0 atom stereocenters. The van der Waals surface area contributed by atoms with Crippen LogP contribution in [0.25, 0.3) is 20.4 Å². The number of thioether (sulfide) groups is 1. The Labute approximate surface area is 192 Å². The van der Waals surface area contributed by atoms with Crippen LogP contribution in [-0.4, -0.2) is 60.0 Å². The van der Waals surface area contributed by atoms with Crippen molar-refractivity contribution in [2.75, 3.05) is 44.4 Å². The molecule has 0 radical (unpaired) electrons. The lowest BCUT2D eigenvalue weighted by Crippen LogP contribution is -3.12. The zero-order chi connectivity index (χ0) is 21.9. The van der Waals surface area contributed by atoms with Gasteiger partial charge in [-0.1, -0.05) is 25.6 Å².